The van der Waals surface area contributed by atoms with Crippen molar-refractivity contribution in [2.75, 3.05) is 33.4 Å². The quantitative estimate of drug-likeness (QED) is 0.780. The minimum atomic E-state index is -3.24. The Hall–Kier alpha value is -0.620. The molecule has 0 saturated carbocycles. The number of sulfone groups is 1. The standard InChI is InChI=1S/C13H21ClN2O2S/c1-16(2)9-5-8-15-10-11-12(14)6-4-7-13(11)19(3,17)18/h4,6-7,15H,5,8-10H2,1-3H3. The second-order valence-electron chi connectivity index (χ2n) is 4.82. The predicted molar refractivity (Wildman–Crippen MR) is 79.4 cm³/mol. The Kier molecular flexibility index (Phi) is 6.26. The summed E-state index contributed by atoms with van der Waals surface area (Å²) in [4.78, 5) is 2.42. The third-order valence-corrected chi connectivity index (χ3v) is 4.27. The molecule has 0 atom stereocenters. The summed E-state index contributed by atoms with van der Waals surface area (Å²) in [6, 6.07) is 4.97. The van der Waals surface area contributed by atoms with Gasteiger partial charge in [0.2, 0.25) is 0 Å². The van der Waals surface area contributed by atoms with Crippen LogP contribution in [0, 0.1) is 0 Å². The molecule has 1 rings (SSSR count). The lowest BCUT2D eigenvalue weighted by Crippen LogP contribution is -2.22. The van der Waals surface area contributed by atoms with Crippen LogP contribution in [0.3, 0.4) is 0 Å². The van der Waals surface area contributed by atoms with E-state index in [9.17, 15) is 8.42 Å². The van der Waals surface area contributed by atoms with Gasteiger partial charge in [-0.1, -0.05) is 17.7 Å². The van der Waals surface area contributed by atoms with Gasteiger partial charge in [-0.3, -0.25) is 0 Å². The van der Waals surface area contributed by atoms with Crippen molar-refractivity contribution in [2.24, 2.45) is 0 Å². The van der Waals surface area contributed by atoms with Crippen molar-refractivity contribution < 1.29 is 8.42 Å². The van der Waals surface area contributed by atoms with Gasteiger partial charge in [-0.05, 0) is 45.7 Å². The Bertz CT molecular complexity index is 515. The van der Waals surface area contributed by atoms with Crippen LogP contribution in [0.25, 0.3) is 0 Å². The predicted octanol–water partition coefficient (Wildman–Crippen LogP) is 1.78. The molecule has 19 heavy (non-hydrogen) atoms. The van der Waals surface area contributed by atoms with Crippen molar-refractivity contribution >= 4 is 21.4 Å². The number of halogens is 1. The molecule has 1 N–H and O–H groups in total. The molecule has 0 aliphatic heterocycles. The van der Waals surface area contributed by atoms with E-state index < -0.39 is 9.84 Å². The summed E-state index contributed by atoms with van der Waals surface area (Å²) in [6.07, 6.45) is 2.21. The lowest BCUT2D eigenvalue weighted by molar-refractivity contribution is 0.394. The molecule has 0 aliphatic carbocycles. The van der Waals surface area contributed by atoms with Crippen LogP contribution < -0.4 is 5.32 Å². The van der Waals surface area contributed by atoms with Crippen LogP contribution in [0.15, 0.2) is 23.1 Å². The van der Waals surface area contributed by atoms with E-state index in [1.165, 1.54) is 6.26 Å². The van der Waals surface area contributed by atoms with Crippen LogP contribution in [0.2, 0.25) is 5.02 Å². The summed E-state index contributed by atoms with van der Waals surface area (Å²) in [5.41, 5.74) is 0.650. The summed E-state index contributed by atoms with van der Waals surface area (Å²) in [7, 11) is 0.802. The molecule has 0 bridgehead atoms. The molecule has 0 aromatic heterocycles. The highest BCUT2D eigenvalue weighted by molar-refractivity contribution is 7.90. The molecular formula is C13H21ClN2O2S. The lowest BCUT2D eigenvalue weighted by atomic mass is 10.2. The minimum absolute atomic E-state index is 0.306. The molecule has 0 amide bonds. The maximum Gasteiger partial charge on any atom is 0.175 e. The van der Waals surface area contributed by atoms with Crippen LogP contribution in [0.4, 0.5) is 0 Å². The summed E-state index contributed by atoms with van der Waals surface area (Å²) in [6.45, 7) is 2.29. The van der Waals surface area contributed by atoms with Crippen LogP contribution >= 0.6 is 11.6 Å². The van der Waals surface area contributed by atoms with E-state index in [1.807, 2.05) is 14.1 Å². The Morgan fingerprint density at radius 1 is 1.32 bits per heavy atom. The fourth-order valence-corrected chi connectivity index (χ4v) is 3.04. The first-order valence-electron chi connectivity index (χ1n) is 6.15. The highest BCUT2D eigenvalue weighted by Crippen LogP contribution is 2.23. The Labute approximate surface area is 120 Å². The van der Waals surface area contributed by atoms with Crippen molar-refractivity contribution in [3.05, 3.63) is 28.8 Å². The van der Waals surface area contributed by atoms with Gasteiger partial charge < -0.3 is 10.2 Å². The van der Waals surface area contributed by atoms with Gasteiger partial charge >= 0.3 is 0 Å². The molecule has 0 fully saturated rings. The first-order chi connectivity index (χ1) is 8.82. The van der Waals surface area contributed by atoms with E-state index in [-0.39, 0.29) is 0 Å². The topological polar surface area (TPSA) is 49.4 Å². The molecule has 1 aromatic carbocycles. The van der Waals surface area contributed by atoms with Crippen molar-refractivity contribution in [3.63, 3.8) is 0 Å². The maximum atomic E-state index is 11.7. The van der Waals surface area contributed by atoms with Crippen LogP contribution in [-0.4, -0.2) is 46.8 Å². The normalized spacial score (nSPS) is 12.1. The first-order valence-corrected chi connectivity index (χ1v) is 8.42. The fraction of sp³-hybridized carbons (Fsp3) is 0.538. The number of nitrogens with zero attached hydrogens (tertiary/aromatic N) is 1. The molecule has 4 nitrogen and oxygen atoms in total. The van der Waals surface area contributed by atoms with E-state index >= 15 is 0 Å². The molecule has 108 valence electrons. The van der Waals surface area contributed by atoms with Crippen molar-refractivity contribution in [3.8, 4) is 0 Å². The molecule has 0 aliphatic rings. The van der Waals surface area contributed by atoms with E-state index in [1.54, 1.807) is 18.2 Å². The SMILES string of the molecule is CN(C)CCCNCc1c(Cl)cccc1S(C)(=O)=O. The van der Waals surface area contributed by atoms with Gasteiger partial charge in [-0.15, -0.1) is 0 Å². The zero-order chi connectivity index (χ0) is 14.5. The summed E-state index contributed by atoms with van der Waals surface area (Å²) >= 11 is 6.09. The van der Waals surface area contributed by atoms with Crippen molar-refractivity contribution in [2.45, 2.75) is 17.9 Å². The number of hydrogen-bond donors (Lipinski definition) is 1. The average molecular weight is 305 g/mol. The molecule has 0 unspecified atom stereocenters. The highest BCUT2D eigenvalue weighted by Gasteiger charge is 2.15. The third-order valence-electron chi connectivity index (χ3n) is 2.74. The minimum Gasteiger partial charge on any atom is -0.313 e. The zero-order valence-corrected chi connectivity index (χ0v) is 13.2. The van der Waals surface area contributed by atoms with E-state index in [0.29, 0.717) is 22.0 Å². The van der Waals surface area contributed by atoms with Gasteiger partial charge in [0, 0.05) is 23.4 Å². The molecule has 1 aromatic rings. The Morgan fingerprint density at radius 3 is 2.58 bits per heavy atom. The number of rotatable bonds is 7. The smallest absolute Gasteiger partial charge is 0.175 e. The monoisotopic (exact) mass is 304 g/mol. The molecule has 6 heteroatoms. The fourth-order valence-electron chi connectivity index (χ4n) is 1.79. The van der Waals surface area contributed by atoms with Gasteiger partial charge in [0.15, 0.2) is 9.84 Å². The Balaban J connectivity index is 2.68. The van der Waals surface area contributed by atoms with Gasteiger partial charge in [0.05, 0.1) is 4.90 Å². The molecule has 0 heterocycles. The maximum absolute atomic E-state index is 11.7. The first kappa shape index (κ1) is 16.4. The highest BCUT2D eigenvalue weighted by atomic mass is 35.5. The lowest BCUT2D eigenvalue weighted by Gasteiger charge is -2.12. The average Bonchev–Trinajstić information content (AvgIpc) is 2.28. The van der Waals surface area contributed by atoms with Gasteiger partial charge in [-0.2, -0.15) is 0 Å². The number of benzene rings is 1. The van der Waals surface area contributed by atoms with Crippen LogP contribution in [0.1, 0.15) is 12.0 Å². The summed E-state index contributed by atoms with van der Waals surface area (Å²) in [5.74, 6) is 0. The summed E-state index contributed by atoms with van der Waals surface area (Å²) < 4.78 is 23.4. The van der Waals surface area contributed by atoms with Crippen molar-refractivity contribution in [1.29, 1.82) is 0 Å². The van der Waals surface area contributed by atoms with Gasteiger partial charge in [0.1, 0.15) is 0 Å². The van der Waals surface area contributed by atoms with Crippen LogP contribution in [-0.2, 0) is 16.4 Å². The Morgan fingerprint density at radius 2 is 2.00 bits per heavy atom. The largest absolute Gasteiger partial charge is 0.313 e. The van der Waals surface area contributed by atoms with Crippen LogP contribution in [0.5, 0.6) is 0 Å². The van der Waals surface area contributed by atoms with E-state index in [2.05, 4.69) is 10.2 Å². The second-order valence-corrected chi connectivity index (χ2v) is 7.21. The van der Waals surface area contributed by atoms with Crippen molar-refractivity contribution in [1.82, 2.24) is 10.2 Å². The zero-order valence-electron chi connectivity index (χ0n) is 11.6. The number of nitrogens with one attached hydrogen (secondary N) is 1. The van der Waals surface area contributed by atoms with Gasteiger partial charge in [-0.25, -0.2) is 8.42 Å². The third kappa shape index (κ3) is 5.48. The van der Waals surface area contributed by atoms with E-state index in [0.717, 1.165) is 19.5 Å². The van der Waals surface area contributed by atoms with E-state index in [4.69, 9.17) is 11.6 Å². The number of hydrogen-bond acceptors (Lipinski definition) is 4. The molecular weight excluding hydrogens is 284 g/mol. The second kappa shape index (κ2) is 7.24. The molecule has 0 saturated heterocycles. The molecule has 0 spiro atoms. The molecule has 0 radical (unpaired) electrons. The summed E-state index contributed by atoms with van der Waals surface area (Å²) in [5, 5.41) is 3.72. The van der Waals surface area contributed by atoms with Gasteiger partial charge in [0.25, 0.3) is 0 Å².